The fourth-order valence-electron chi connectivity index (χ4n) is 2.07. The Morgan fingerprint density at radius 1 is 1.53 bits per heavy atom. The van der Waals surface area contributed by atoms with Crippen molar-refractivity contribution in [2.45, 2.75) is 12.5 Å². The maximum absolute atomic E-state index is 13.2. The van der Waals surface area contributed by atoms with Crippen LogP contribution in [0.1, 0.15) is 18.0 Å². The lowest BCUT2D eigenvalue weighted by Gasteiger charge is -2.23. The second kappa shape index (κ2) is 5.14. The fourth-order valence-corrected chi connectivity index (χ4v) is 2.07. The largest absolute Gasteiger partial charge is 0.336 e. The first-order chi connectivity index (χ1) is 8.22. The Kier molecular flexibility index (Phi) is 3.58. The Morgan fingerprint density at radius 2 is 2.35 bits per heavy atom. The monoisotopic (exact) mass is 237 g/mol. The Labute approximate surface area is 99.6 Å². The van der Waals surface area contributed by atoms with Crippen molar-refractivity contribution in [3.63, 3.8) is 0 Å². The Bertz CT molecular complexity index is 410. The maximum atomic E-state index is 13.2. The number of carbonyl (C=O) groups is 1. The van der Waals surface area contributed by atoms with Crippen LogP contribution in [0.3, 0.4) is 0 Å². The van der Waals surface area contributed by atoms with Gasteiger partial charge in [0, 0.05) is 13.1 Å². The highest BCUT2D eigenvalue weighted by Gasteiger charge is 2.31. The number of nitrogens with one attached hydrogen (secondary N) is 1. The normalized spacial score (nSPS) is 19.5. The number of hydrogen-bond acceptors (Lipinski definition) is 2. The Hall–Kier alpha value is -1.62. The van der Waals surface area contributed by atoms with Crippen molar-refractivity contribution in [3.05, 3.63) is 35.6 Å². The molecule has 0 aliphatic carbocycles. The van der Waals surface area contributed by atoms with E-state index in [1.165, 1.54) is 12.1 Å². The van der Waals surface area contributed by atoms with Crippen LogP contribution >= 0.6 is 0 Å². The van der Waals surface area contributed by atoms with Crippen LogP contribution in [-0.4, -0.2) is 30.6 Å². The summed E-state index contributed by atoms with van der Waals surface area (Å²) >= 11 is 0. The minimum atomic E-state index is -0.277. The van der Waals surface area contributed by atoms with Gasteiger partial charge in [0.2, 0.25) is 0 Å². The summed E-state index contributed by atoms with van der Waals surface area (Å²) in [7, 11) is 0. The minimum Gasteiger partial charge on any atom is -0.336 e. The van der Waals surface area contributed by atoms with Gasteiger partial charge in [-0.05, 0) is 30.7 Å². The van der Waals surface area contributed by atoms with E-state index in [4.69, 9.17) is 5.73 Å². The van der Waals surface area contributed by atoms with Crippen molar-refractivity contribution in [1.82, 2.24) is 10.2 Å². The Morgan fingerprint density at radius 3 is 3.06 bits per heavy atom. The lowest BCUT2D eigenvalue weighted by molar-refractivity contribution is 0.203. The van der Waals surface area contributed by atoms with Crippen molar-refractivity contribution in [2.24, 2.45) is 5.73 Å². The number of halogens is 1. The summed E-state index contributed by atoms with van der Waals surface area (Å²) < 4.78 is 13.2. The number of urea groups is 1. The zero-order chi connectivity index (χ0) is 12.3. The topological polar surface area (TPSA) is 58.4 Å². The number of nitrogens with two attached hydrogens (primary N) is 1. The standard InChI is InChI=1S/C12H16FN3O/c13-10-4-1-3-9(7-10)11-8-15-12(17)16(11)6-2-5-14/h1,3-4,7,11H,2,5-6,8,14H2,(H,15,17). The van der Waals surface area contributed by atoms with Crippen LogP contribution in [0.15, 0.2) is 24.3 Å². The molecule has 1 aromatic carbocycles. The van der Waals surface area contributed by atoms with Gasteiger partial charge in [-0.3, -0.25) is 0 Å². The molecule has 1 aromatic rings. The van der Waals surface area contributed by atoms with Gasteiger partial charge in [-0.15, -0.1) is 0 Å². The highest BCUT2D eigenvalue weighted by atomic mass is 19.1. The molecule has 1 heterocycles. The van der Waals surface area contributed by atoms with Gasteiger partial charge in [0.05, 0.1) is 6.04 Å². The molecule has 1 atom stereocenters. The van der Waals surface area contributed by atoms with Crippen LogP contribution in [0.4, 0.5) is 9.18 Å². The van der Waals surface area contributed by atoms with Crippen LogP contribution in [-0.2, 0) is 0 Å². The molecule has 1 saturated heterocycles. The van der Waals surface area contributed by atoms with Gasteiger partial charge in [0.1, 0.15) is 5.82 Å². The van der Waals surface area contributed by atoms with Crippen LogP contribution in [0.5, 0.6) is 0 Å². The summed E-state index contributed by atoms with van der Waals surface area (Å²) in [6.45, 7) is 1.66. The van der Waals surface area contributed by atoms with Crippen molar-refractivity contribution in [1.29, 1.82) is 0 Å². The maximum Gasteiger partial charge on any atom is 0.318 e. The van der Waals surface area contributed by atoms with E-state index in [-0.39, 0.29) is 17.9 Å². The van der Waals surface area contributed by atoms with Crippen LogP contribution in [0.2, 0.25) is 0 Å². The zero-order valence-corrected chi connectivity index (χ0v) is 9.53. The van der Waals surface area contributed by atoms with Crippen LogP contribution < -0.4 is 11.1 Å². The van der Waals surface area contributed by atoms with E-state index in [1.54, 1.807) is 11.0 Å². The lowest BCUT2D eigenvalue weighted by Crippen LogP contribution is -2.31. The molecule has 1 aliphatic heterocycles. The molecular formula is C12H16FN3O. The molecule has 4 nitrogen and oxygen atoms in total. The molecule has 1 fully saturated rings. The molecule has 0 spiro atoms. The summed E-state index contributed by atoms with van der Waals surface area (Å²) in [5.41, 5.74) is 6.26. The third kappa shape index (κ3) is 2.55. The van der Waals surface area contributed by atoms with Gasteiger partial charge in [0.15, 0.2) is 0 Å². The average Bonchev–Trinajstić information content (AvgIpc) is 2.68. The molecule has 0 aromatic heterocycles. The number of nitrogens with zero attached hydrogens (tertiary/aromatic N) is 1. The molecule has 0 radical (unpaired) electrons. The van der Waals surface area contributed by atoms with Crippen LogP contribution in [0, 0.1) is 5.82 Å². The fraction of sp³-hybridized carbons (Fsp3) is 0.417. The average molecular weight is 237 g/mol. The highest BCUT2D eigenvalue weighted by molar-refractivity contribution is 5.77. The van der Waals surface area contributed by atoms with Crippen molar-refractivity contribution in [3.8, 4) is 0 Å². The third-order valence-electron chi connectivity index (χ3n) is 2.92. The van der Waals surface area contributed by atoms with E-state index in [0.29, 0.717) is 19.6 Å². The summed E-state index contributed by atoms with van der Waals surface area (Å²) in [6, 6.07) is 6.17. The number of benzene rings is 1. The number of rotatable bonds is 4. The number of amides is 2. The quantitative estimate of drug-likeness (QED) is 0.827. The molecule has 2 rings (SSSR count). The summed E-state index contributed by atoms with van der Waals surface area (Å²) in [4.78, 5) is 13.3. The van der Waals surface area contributed by atoms with E-state index in [1.807, 2.05) is 6.07 Å². The lowest BCUT2D eigenvalue weighted by atomic mass is 10.1. The second-order valence-electron chi connectivity index (χ2n) is 4.09. The van der Waals surface area contributed by atoms with Crippen molar-refractivity contribution >= 4 is 6.03 Å². The van der Waals surface area contributed by atoms with Gasteiger partial charge in [-0.2, -0.15) is 0 Å². The number of hydrogen-bond donors (Lipinski definition) is 2. The van der Waals surface area contributed by atoms with Crippen molar-refractivity contribution in [2.75, 3.05) is 19.6 Å². The first kappa shape index (κ1) is 11.9. The molecule has 2 amide bonds. The predicted octanol–water partition coefficient (Wildman–Crippen LogP) is 1.24. The van der Waals surface area contributed by atoms with Gasteiger partial charge in [-0.25, -0.2) is 9.18 Å². The van der Waals surface area contributed by atoms with Crippen LogP contribution in [0.25, 0.3) is 0 Å². The highest BCUT2D eigenvalue weighted by Crippen LogP contribution is 2.24. The molecule has 0 saturated carbocycles. The molecule has 0 bridgehead atoms. The predicted molar refractivity (Wildman–Crippen MR) is 62.9 cm³/mol. The van der Waals surface area contributed by atoms with E-state index >= 15 is 0 Å². The first-order valence-electron chi connectivity index (χ1n) is 5.72. The van der Waals surface area contributed by atoms with Gasteiger partial charge in [0.25, 0.3) is 0 Å². The molecule has 1 unspecified atom stereocenters. The minimum absolute atomic E-state index is 0.0928. The molecule has 17 heavy (non-hydrogen) atoms. The molecular weight excluding hydrogens is 221 g/mol. The van der Waals surface area contributed by atoms with Gasteiger partial charge >= 0.3 is 6.03 Å². The third-order valence-corrected chi connectivity index (χ3v) is 2.92. The zero-order valence-electron chi connectivity index (χ0n) is 9.53. The van der Waals surface area contributed by atoms with E-state index in [2.05, 4.69) is 5.32 Å². The van der Waals surface area contributed by atoms with Gasteiger partial charge in [-0.1, -0.05) is 12.1 Å². The SMILES string of the molecule is NCCCN1C(=O)NCC1c1cccc(F)c1. The smallest absolute Gasteiger partial charge is 0.318 e. The van der Waals surface area contributed by atoms with E-state index in [0.717, 1.165) is 12.0 Å². The summed E-state index contributed by atoms with van der Waals surface area (Å²) in [5, 5.41) is 2.77. The first-order valence-corrected chi connectivity index (χ1v) is 5.72. The molecule has 5 heteroatoms. The second-order valence-corrected chi connectivity index (χ2v) is 4.09. The summed E-state index contributed by atoms with van der Waals surface area (Å²) in [6.07, 6.45) is 0.749. The molecule has 3 N–H and O–H groups in total. The Balaban J connectivity index is 2.16. The number of carbonyl (C=O) groups excluding carboxylic acids is 1. The molecule has 1 aliphatic rings. The van der Waals surface area contributed by atoms with Crippen molar-refractivity contribution < 1.29 is 9.18 Å². The summed E-state index contributed by atoms with van der Waals surface area (Å²) in [5.74, 6) is -0.277. The van der Waals surface area contributed by atoms with Gasteiger partial charge < -0.3 is 16.0 Å². The molecule has 92 valence electrons. The van der Waals surface area contributed by atoms with E-state index < -0.39 is 0 Å². The van der Waals surface area contributed by atoms with E-state index in [9.17, 15) is 9.18 Å².